The van der Waals surface area contributed by atoms with Gasteiger partial charge >= 0.3 is 0 Å². The van der Waals surface area contributed by atoms with E-state index in [4.69, 9.17) is 5.73 Å². The highest BCUT2D eigenvalue weighted by Crippen LogP contribution is 2.33. The molecule has 0 fully saturated rings. The van der Waals surface area contributed by atoms with E-state index in [1.807, 2.05) is 0 Å². The van der Waals surface area contributed by atoms with Crippen LogP contribution in [0.25, 0.3) is 11.1 Å². The van der Waals surface area contributed by atoms with Crippen molar-refractivity contribution in [2.75, 3.05) is 0 Å². The highest BCUT2D eigenvalue weighted by atomic mass is 14.6. The van der Waals surface area contributed by atoms with Crippen LogP contribution in [0.15, 0.2) is 42.5 Å². The van der Waals surface area contributed by atoms with E-state index in [0.29, 0.717) is 5.92 Å². The molecule has 0 amide bonds. The number of rotatable bonds is 2. The predicted molar refractivity (Wildman–Crippen MR) is 81.2 cm³/mol. The van der Waals surface area contributed by atoms with Crippen molar-refractivity contribution in [1.82, 2.24) is 0 Å². The number of benzene rings is 2. The Morgan fingerprint density at radius 3 is 2.37 bits per heavy atom. The van der Waals surface area contributed by atoms with E-state index in [1.54, 1.807) is 0 Å². The van der Waals surface area contributed by atoms with Crippen molar-refractivity contribution in [2.45, 2.75) is 38.6 Å². The Morgan fingerprint density at radius 1 is 1.00 bits per heavy atom. The molecule has 0 bridgehead atoms. The lowest BCUT2D eigenvalue weighted by atomic mass is 9.96. The topological polar surface area (TPSA) is 26.0 Å². The number of nitrogens with two attached hydrogens (primary N) is 1. The molecule has 0 spiro atoms. The molecule has 1 atom stereocenters. The standard InChI is InChI=1S/C18H21N/c1-12(2)13-3-5-14(6-4-13)15-7-9-17-16(11-15)8-10-18(17)19/h3-7,9,11-12,18H,8,10,19H2,1-2H3. The van der Waals surface area contributed by atoms with Gasteiger partial charge in [0.15, 0.2) is 0 Å². The number of fused-ring (bicyclic) bond motifs is 1. The van der Waals surface area contributed by atoms with Crippen LogP contribution in [-0.2, 0) is 6.42 Å². The minimum atomic E-state index is 0.243. The van der Waals surface area contributed by atoms with E-state index in [1.165, 1.54) is 27.8 Å². The molecule has 2 N–H and O–H groups in total. The van der Waals surface area contributed by atoms with Gasteiger partial charge in [-0.2, -0.15) is 0 Å². The van der Waals surface area contributed by atoms with Crippen molar-refractivity contribution in [3.63, 3.8) is 0 Å². The molecule has 0 aromatic heterocycles. The van der Waals surface area contributed by atoms with Crippen molar-refractivity contribution in [1.29, 1.82) is 0 Å². The summed E-state index contributed by atoms with van der Waals surface area (Å²) in [7, 11) is 0. The first-order valence-corrected chi connectivity index (χ1v) is 7.14. The average molecular weight is 251 g/mol. The molecule has 0 saturated carbocycles. The van der Waals surface area contributed by atoms with Gasteiger partial charge in [-0.05, 0) is 46.6 Å². The first kappa shape index (κ1) is 12.4. The van der Waals surface area contributed by atoms with E-state index in [9.17, 15) is 0 Å². The molecule has 0 saturated heterocycles. The van der Waals surface area contributed by atoms with Gasteiger partial charge in [0.1, 0.15) is 0 Å². The molecule has 98 valence electrons. The van der Waals surface area contributed by atoms with Crippen molar-refractivity contribution in [3.05, 3.63) is 59.2 Å². The second-order valence-electron chi connectivity index (χ2n) is 5.84. The summed E-state index contributed by atoms with van der Waals surface area (Å²) < 4.78 is 0. The summed E-state index contributed by atoms with van der Waals surface area (Å²) in [4.78, 5) is 0. The molecule has 3 rings (SSSR count). The van der Waals surface area contributed by atoms with Gasteiger partial charge in [0.2, 0.25) is 0 Å². The Balaban J connectivity index is 1.94. The van der Waals surface area contributed by atoms with E-state index < -0.39 is 0 Å². The fraction of sp³-hybridized carbons (Fsp3) is 0.333. The van der Waals surface area contributed by atoms with Crippen molar-refractivity contribution in [3.8, 4) is 11.1 Å². The second kappa shape index (κ2) is 4.82. The van der Waals surface area contributed by atoms with Gasteiger partial charge < -0.3 is 5.73 Å². The van der Waals surface area contributed by atoms with Gasteiger partial charge in [-0.15, -0.1) is 0 Å². The second-order valence-corrected chi connectivity index (χ2v) is 5.84. The Kier molecular flexibility index (Phi) is 3.16. The lowest BCUT2D eigenvalue weighted by molar-refractivity contribution is 0.713. The zero-order valence-electron chi connectivity index (χ0n) is 11.7. The number of aryl methyl sites for hydroxylation is 1. The Morgan fingerprint density at radius 2 is 1.68 bits per heavy atom. The molecule has 1 unspecified atom stereocenters. The fourth-order valence-corrected chi connectivity index (χ4v) is 2.89. The summed E-state index contributed by atoms with van der Waals surface area (Å²) in [5.74, 6) is 0.590. The average Bonchev–Trinajstić information content (AvgIpc) is 2.80. The maximum atomic E-state index is 6.09. The van der Waals surface area contributed by atoms with Gasteiger partial charge in [0.05, 0.1) is 0 Å². The van der Waals surface area contributed by atoms with Crippen LogP contribution in [0.5, 0.6) is 0 Å². The summed E-state index contributed by atoms with van der Waals surface area (Å²) in [6.45, 7) is 4.46. The zero-order valence-corrected chi connectivity index (χ0v) is 11.7. The summed E-state index contributed by atoms with van der Waals surface area (Å²) in [6, 6.07) is 15.9. The summed E-state index contributed by atoms with van der Waals surface area (Å²) in [5, 5.41) is 0. The molecule has 1 aliphatic rings. The summed E-state index contributed by atoms with van der Waals surface area (Å²) >= 11 is 0. The van der Waals surface area contributed by atoms with Crippen LogP contribution in [0, 0.1) is 0 Å². The largest absolute Gasteiger partial charge is 0.324 e. The molecule has 2 aromatic rings. The van der Waals surface area contributed by atoms with Crippen LogP contribution in [0.4, 0.5) is 0 Å². The number of hydrogen-bond acceptors (Lipinski definition) is 1. The highest BCUT2D eigenvalue weighted by Gasteiger charge is 2.18. The molecular weight excluding hydrogens is 230 g/mol. The quantitative estimate of drug-likeness (QED) is 0.840. The lowest BCUT2D eigenvalue weighted by Crippen LogP contribution is -2.04. The highest BCUT2D eigenvalue weighted by molar-refractivity contribution is 5.66. The lowest BCUT2D eigenvalue weighted by Gasteiger charge is -2.09. The van der Waals surface area contributed by atoms with Crippen molar-refractivity contribution >= 4 is 0 Å². The van der Waals surface area contributed by atoms with Gasteiger partial charge in [-0.1, -0.05) is 56.3 Å². The third-order valence-electron chi connectivity index (χ3n) is 4.18. The monoisotopic (exact) mass is 251 g/mol. The maximum absolute atomic E-state index is 6.09. The van der Waals surface area contributed by atoms with E-state index in [-0.39, 0.29) is 6.04 Å². The van der Waals surface area contributed by atoms with Crippen LogP contribution >= 0.6 is 0 Å². The minimum absolute atomic E-state index is 0.243. The van der Waals surface area contributed by atoms with Gasteiger partial charge in [-0.25, -0.2) is 0 Å². The maximum Gasteiger partial charge on any atom is 0.0300 e. The fourth-order valence-electron chi connectivity index (χ4n) is 2.89. The summed E-state index contributed by atoms with van der Waals surface area (Å²) in [6.07, 6.45) is 2.21. The van der Waals surface area contributed by atoms with E-state index in [2.05, 4.69) is 56.3 Å². The van der Waals surface area contributed by atoms with Crippen LogP contribution in [-0.4, -0.2) is 0 Å². The van der Waals surface area contributed by atoms with Crippen molar-refractivity contribution < 1.29 is 0 Å². The number of hydrogen-bond donors (Lipinski definition) is 1. The molecule has 2 aromatic carbocycles. The Bertz CT molecular complexity index is 581. The van der Waals surface area contributed by atoms with Crippen LogP contribution in [0.2, 0.25) is 0 Å². The van der Waals surface area contributed by atoms with Crippen LogP contribution in [0.3, 0.4) is 0 Å². The van der Waals surface area contributed by atoms with E-state index >= 15 is 0 Å². The molecule has 1 heteroatoms. The van der Waals surface area contributed by atoms with Gasteiger partial charge in [0, 0.05) is 6.04 Å². The Hall–Kier alpha value is -1.60. The van der Waals surface area contributed by atoms with E-state index in [0.717, 1.165) is 12.8 Å². The third-order valence-corrected chi connectivity index (χ3v) is 4.18. The SMILES string of the molecule is CC(C)c1ccc(-c2ccc3c(c2)CCC3N)cc1. The summed E-state index contributed by atoms with van der Waals surface area (Å²) in [5.41, 5.74) is 12.9. The first-order valence-electron chi connectivity index (χ1n) is 7.14. The van der Waals surface area contributed by atoms with Gasteiger partial charge in [-0.3, -0.25) is 0 Å². The molecule has 0 aliphatic heterocycles. The molecule has 0 heterocycles. The molecule has 0 radical (unpaired) electrons. The zero-order chi connectivity index (χ0) is 13.4. The first-order chi connectivity index (χ1) is 9.15. The Labute approximate surface area is 115 Å². The normalized spacial score (nSPS) is 17.8. The molecule has 1 nitrogen and oxygen atoms in total. The molecule has 19 heavy (non-hydrogen) atoms. The van der Waals surface area contributed by atoms with Crippen molar-refractivity contribution in [2.24, 2.45) is 5.73 Å². The minimum Gasteiger partial charge on any atom is -0.324 e. The predicted octanol–water partition coefficient (Wildman–Crippen LogP) is 4.42. The smallest absolute Gasteiger partial charge is 0.0300 e. The van der Waals surface area contributed by atoms with Gasteiger partial charge in [0.25, 0.3) is 0 Å². The van der Waals surface area contributed by atoms with Crippen LogP contribution < -0.4 is 5.73 Å². The molecular formula is C18H21N. The third kappa shape index (κ3) is 2.31. The van der Waals surface area contributed by atoms with Crippen LogP contribution in [0.1, 0.15) is 48.9 Å². The molecule has 1 aliphatic carbocycles.